The molecule has 1 saturated heterocycles. The summed E-state index contributed by atoms with van der Waals surface area (Å²) in [7, 11) is 0. The molecule has 1 saturated carbocycles. The van der Waals surface area contributed by atoms with E-state index in [9.17, 15) is 9.90 Å². The van der Waals surface area contributed by atoms with Crippen molar-refractivity contribution < 1.29 is 14.6 Å². The van der Waals surface area contributed by atoms with Gasteiger partial charge in [-0.3, -0.25) is 4.79 Å². The third kappa shape index (κ3) is 4.39. The first-order chi connectivity index (χ1) is 12.0. The largest absolute Gasteiger partial charge is 0.382 e. The summed E-state index contributed by atoms with van der Waals surface area (Å²) in [6, 6.07) is 0.190. The molecule has 1 aromatic heterocycles. The Bertz CT molecular complexity index is 583. The van der Waals surface area contributed by atoms with Gasteiger partial charge in [-0.05, 0) is 39.5 Å². The minimum atomic E-state index is -1.12. The van der Waals surface area contributed by atoms with E-state index < -0.39 is 5.60 Å². The molecule has 1 aromatic rings. The third-order valence-corrected chi connectivity index (χ3v) is 5.33. The summed E-state index contributed by atoms with van der Waals surface area (Å²) in [6.45, 7) is 5.06. The molecular formula is C18H30N4O3. The van der Waals surface area contributed by atoms with Gasteiger partial charge in [0, 0.05) is 12.6 Å². The number of nitrogens with zero attached hydrogens (tertiary/aromatic N) is 4. The summed E-state index contributed by atoms with van der Waals surface area (Å²) in [4.78, 5) is 14.2. The second kappa shape index (κ2) is 7.83. The van der Waals surface area contributed by atoms with Crippen LogP contribution in [-0.2, 0) is 15.1 Å². The number of β-amino-alcohol motifs (C(OH)–C–C–N with tert-alkyl or cyclic N) is 1. The average molecular weight is 350 g/mol. The van der Waals surface area contributed by atoms with E-state index in [1.165, 1.54) is 19.3 Å². The predicted octanol–water partition coefficient (Wildman–Crippen LogP) is 2.02. The highest BCUT2D eigenvalue weighted by atomic mass is 16.5. The maximum absolute atomic E-state index is 12.5. The molecule has 1 atom stereocenters. The fourth-order valence-corrected chi connectivity index (χ4v) is 3.71. The summed E-state index contributed by atoms with van der Waals surface area (Å²) in [5.74, 6) is -0.0417. The Morgan fingerprint density at radius 3 is 2.80 bits per heavy atom. The molecule has 0 spiro atoms. The van der Waals surface area contributed by atoms with E-state index in [-0.39, 0.29) is 31.2 Å². The van der Waals surface area contributed by atoms with E-state index in [0.717, 1.165) is 19.3 Å². The third-order valence-electron chi connectivity index (χ3n) is 5.33. The Balaban J connectivity index is 1.58. The number of carbonyl (C=O) groups is 1. The number of amides is 1. The number of carbonyl (C=O) groups excluding carboxylic acids is 1. The van der Waals surface area contributed by atoms with E-state index in [1.54, 1.807) is 15.8 Å². The van der Waals surface area contributed by atoms with Crippen LogP contribution in [0.5, 0.6) is 0 Å². The minimum Gasteiger partial charge on any atom is -0.382 e. The van der Waals surface area contributed by atoms with Crippen molar-refractivity contribution in [2.75, 3.05) is 19.7 Å². The van der Waals surface area contributed by atoms with Crippen molar-refractivity contribution in [3.63, 3.8) is 0 Å². The van der Waals surface area contributed by atoms with Crippen LogP contribution in [0.3, 0.4) is 0 Å². The van der Waals surface area contributed by atoms with E-state index in [0.29, 0.717) is 18.7 Å². The molecule has 2 fully saturated rings. The Kier molecular flexibility index (Phi) is 5.74. The number of hydrogen-bond acceptors (Lipinski definition) is 5. The number of aromatic nitrogens is 3. The Labute approximate surface area is 149 Å². The van der Waals surface area contributed by atoms with Crippen molar-refractivity contribution in [2.24, 2.45) is 0 Å². The normalized spacial score (nSPS) is 25.5. The Morgan fingerprint density at radius 1 is 1.36 bits per heavy atom. The molecule has 1 aliphatic heterocycles. The highest BCUT2D eigenvalue weighted by molar-refractivity contribution is 5.77. The second-order valence-electron chi connectivity index (χ2n) is 7.70. The van der Waals surface area contributed by atoms with Crippen LogP contribution in [0.25, 0.3) is 0 Å². The van der Waals surface area contributed by atoms with E-state index in [2.05, 4.69) is 10.3 Å². The van der Waals surface area contributed by atoms with Crippen LogP contribution in [-0.4, -0.2) is 56.7 Å². The maximum atomic E-state index is 12.5. The number of hydrogen-bond donors (Lipinski definition) is 1. The van der Waals surface area contributed by atoms with Gasteiger partial charge in [-0.15, -0.1) is 5.10 Å². The van der Waals surface area contributed by atoms with Crippen LogP contribution >= 0.6 is 0 Å². The van der Waals surface area contributed by atoms with Gasteiger partial charge in [0.25, 0.3) is 0 Å². The van der Waals surface area contributed by atoms with Crippen LogP contribution in [0.4, 0.5) is 0 Å². The lowest BCUT2D eigenvalue weighted by Crippen LogP contribution is -2.50. The first-order valence-electron chi connectivity index (χ1n) is 9.52. The summed E-state index contributed by atoms with van der Waals surface area (Å²) in [5.41, 5.74) is -0.571. The molecule has 0 bridgehead atoms. The molecule has 1 amide bonds. The van der Waals surface area contributed by atoms with Crippen molar-refractivity contribution in [3.8, 4) is 0 Å². The molecule has 140 valence electrons. The molecule has 1 unspecified atom stereocenters. The van der Waals surface area contributed by atoms with Gasteiger partial charge in [0.2, 0.25) is 5.91 Å². The number of likely N-dealkylation sites (tertiary alicyclic amines) is 1. The number of aliphatic hydroxyl groups is 1. The Morgan fingerprint density at radius 2 is 2.12 bits per heavy atom. The molecule has 7 heteroatoms. The first kappa shape index (κ1) is 18.3. The average Bonchev–Trinajstić information content (AvgIpc) is 3.12. The van der Waals surface area contributed by atoms with Crippen molar-refractivity contribution in [2.45, 2.75) is 76.5 Å². The maximum Gasteiger partial charge on any atom is 0.248 e. The quantitative estimate of drug-likeness (QED) is 0.879. The molecule has 1 N–H and O–H groups in total. The predicted molar refractivity (Wildman–Crippen MR) is 92.9 cm³/mol. The van der Waals surface area contributed by atoms with Crippen molar-refractivity contribution in [1.82, 2.24) is 19.9 Å². The van der Waals surface area contributed by atoms with Gasteiger partial charge in [0.1, 0.15) is 17.9 Å². The molecule has 2 aliphatic rings. The topological polar surface area (TPSA) is 80.5 Å². The molecule has 1 aliphatic carbocycles. The molecule has 0 radical (unpaired) electrons. The van der Waals surface area contributed by atoms with E-state index in [4.69, 9.17) is 4.74 Å². The summed E-state index contributed by atoms with van der Waals surface area (Å²) in [6.07, 6.45) is 9.10. The number of ether oxygens (including phenoxy) is 1. The zero-order chi connectivity index (χ0) is 17.9. The number of rotatable bonds is 5. The van der Waals surface area contributed by atoms with Gasteiger partial charge < -0.3 is 14.7 Å². The van der Waals surface area contributed by atoms with E-state index >= 15 is 0 Å². The highest BCUT2D eigenvalue weighted by Crippen LogP contribution is 2.30. The second-order valence-corrected chi connectivity index (χ2v) is 7.70. The van der Waals surface area contributed by atoms with Crippen molar-refractivity contribution in [3.05, 3.63) is 11.9 Å². The zero-order valence-electron chi connectivity index (χ0n) is 15.4. The van der Waals surface area contributed by atoms with Crippen LogP contribution < -0.4 is 0 Å². The van der Waals surface area contributed by atoms with Crippen LogP contribution in [0, 0.1) is 0 Å². The molecular weight excluding hydrogens is 320 g/mol. The monoisotopic (exact) mass is 350 g/mol. The van der Waals surface area contributed by atoms with Gasteiger partial charge >= 0.3 is 0 Å². The lowest BCUT2D eigenvalue weighted by atomic mass is 9.90. The molecule has 7 nitrogen and oxygen atoms in total. The van der Waals surface area contributed by atoms with Gasteiger partial charge in [-0.1, -0.05) is 24.5 Å². The van der Waals surface area contributed by atoms with Crippen molar-refractivity contribution in [1.29, 1.82) is 0 Å². The summed E-state index contributed by atoms with van der Waals surface area (Å²) in [5, 5.41) is 19.2. The van der Waals surface area contributed by atoms with Gasteiger partial charge in [-0.2, -0.15) is 0 Å². The molecule has 3 rings (SSSR count). The van der Waals surface area contributed by atoms with Crippen LogP contribution in [0.15, 0.2) is 6.20 Å². The van der Waals surface area contributed by atoms with Crippen molar-refractivity contribution >= 4 is 5.91 Å². The lowest BCUT2D eigenvalue weighted by molar-refractivity contribution is -0.146. The molecule has 2 heterocycles. The minimum absolute atomic E-state index is 0.0417. The van der Waals surface area contributed by atoms with Gasteiger partial charge in [0.05, 0.1) is 18.8 Å². The zero-order valence-corrected chi connectivity index (χ0v) is 15.4. The fraction of sp³-hybridized carbons (Fsp3) is 0.833. The lowest BCUT2D eigenvalue weighted by Gasteiger charge is -2.38. The smallest absolute Gasteiger partial charge is 0.248 e. The summed E-state index contributed by atoms with van der Waals surface area (Å²) < 4.78 is 7.54. The molecule has 0 aromatic carbocycles. The van der Waals surface area contributed by atoms with Gasteiger partial charge in [0.15, 0.2) is 0 Å². The fourth-order valence-electron chi connectivity index (χ4n) is 3.71. The SMILES string of the molecule is CC(C)n1cc(C2(O)CCCN(C(=O)COC3CCCCC3)C2)nn1. The van der Waals surface area contributed by atoms with Gasteiger partial charge in [-0.25, -0.2) is 4.68 Å². The highest BCUT2D eigenvalue weighted by Gasteiger charge is 2.39. The first-order valence-corrected chi connectivity index (χ1v) is 9.52. The summed E-state index contributed by atoms with van der Waals surface area (Å²) >= 11 is 0. The van der Waals surface area contributed by atoms with Crippen LogP contribution in [0.2, 0.25) is 0 Å². The number of piperidine rings is 1. The van der Waals surface area contributed by atoms with E-state index in [1.807, 2.05) is 13.8 Å². The standard InChI is InChI=1S/C18H30N4O3/c1-14(2)22-11-16(19-20-22)18(24)9-6-10-21(13-18)17(23)12-25-15-7-4-3-5-8-15/h11,14-15,24H,3-10,12-13H2,1-2H3. The Hall–Kier alpha value is -1.47. The van der Waals surface area contributed by atoms with Crippen LogP contribution in [0.1, 0.15) is 70.5 Å². The molecule has 25 heavy (non-hydrogen) atoms.